The number of aromatic nitrogens is 2. The summed E-state index contributed by atoms with van der Waals surface area (Å²) in [5.41, 5.74) is 4.36. The zero-order valence-corrected chi connectivity index (χ0v) is 31.0. The second-order valence-corrected chi connectivity index (χ2v) is 18.1. The van der Waals surface area contributed by atoms with Gasteiger partial charge >= 0.3 is 0 Å². The summed E-state index contributed by atoms with van der Waals surface area (Å²) < 4.78 is 90.0. The van der Waals surface area contributed by atoms with E-state index in [2.05, 4.69) is 53.9 Å². The fourth-order valence-corrected chi connectivity index (χ4v) is 7.15. The fourth-order valence-electron chi connectivity index (χ4n) is 6.11. The molecule has 8 rings (SSSR count). The Morgan fingerprint density at radius 3 is 2.27 bits per heavy atom. The van der Waals surface area contributed by atoms with Gasteiger partial charge in [0.05, 0.1) is 20.5 Å². The average molecular weight is 845 g/mol. The molecule has 0 saturated heterocycles. The van der Waals surface area contributed by atoms with Gasteiger partial charge in [-0.3, -0.25) is 0 Å². The van der Waals surface area contributed by atoms with Gasteiger partial charge in [-0.25, -0.2) is 0 Å². The Hall–Kier alpha value is -4.15. The SMILES string of the molecule is C[Si](C)(C)c1ccc(-c2[c-]cccc2)nc1.[2H]c1c([2H])c([2H])c(C2([2H])CCC([2H])(c3cc(-c4[c-]ccc5c4oc4ccccc45)ncc3C([2H])([2H])[2H])CC2)c([2H])c1[2H].[Ir]. The van der Waals surface area contributed by atoms with E-state index >= 15 is 0 Å². The topological polar surface area (TPSA) is 38.9 Å². The Kier molecular flexibility index (Phi) is 7.45. The average Bonchev–Trinajstić information content (AvgIpc) is 3.59. The maximum absolute atomic E-state index is 9.46. The molecule has 0 unspecified atom stereocenters. The molecule has 0 bridgehead atoms. The van der Waals surface area contributed by atoms with Crippen molar-refractivity contribution >= 4 is 35.2 Å². The Bertz CT molecular complexity index is 2610. The minimum Gasteiger partial charge on any atom is -0.501 e. The molecule has 49 heavy (non-hydrogen) atoms. The summed E-state index contributed by atoms with van der Waals surface area (Å²) in [6.07, 6.45) is 3.40. The number of furan rings is 1. The van der Waals surface area contributed by atoms with Crippen molar-refractivity contribution in [2.45, 2.75) is 64.0 Å². The van der Waals surface area contributed by atoms with Crippen molar-refractivity contribution in [2.75, 3.05) is 0 Å². The third-order valence-corrected chi connectivity index (χ3v) is 10.8. The van der Waals surface area contributed by atoms with Crippen LogP contribution in [0.5, 0.6) is 0 Å². The maximum Gasteiger partial charge on any atom is 0.120 e. The molecule has 1 fully saturated rings. The molecule has 0 spiro atoms. The Morgan fingerprint density at radius 1 is 0.796 bits per heavy atom. The molecule has 0 amide bonds. The summed E-state index contributed by atoms with van der Waals surface area (Å²) in [6, 6.07) is 29.1. The molecule has 0 atom stereocenters. The number of aryl methyl sites for hydroxylation is 1. The predicted octanol–water partition coefficient (Wildman–Crippen LogP) is 11.3. The first-order chi connectivity index (χ1) is 27.3. The van der Waals surface area contributed by atoms with Crippen LogP contribution in [0, 0.1) is 19.0 Å². The zero-order chi connectivity index (χ0) is 41.8. The smallest absolute Gasteiger partial charge is 0.120 e. The third-order valence-electron chi connectivity index (χ3n) is 8.80. The van der Waals surface area contributed by atoms with Crippen molar-refractivity contribution < 1.29 is 38.2 Å². The number of nitrogens with zero attached hydrogens (tertiary/aromatic N) is 2. The van der Waals surface area contributed by atoms with Gasteiger partial charge in [0.2, 0.25) is 0 Å². The van der Waals surface area contributed by atoms with Gasteiger partial charge in [0.15, 0.2) is 0 Å². The summed E-state index contributed by atoms with van der Waals surface area (Å²) in [5, 5.41) is 3.18. The molecular formula is C44H42IrN2OSi-2. The van der Waals surface area contributed by atoms with Gasteiger partial charge < -0.3 is 14.4 Å². The molecule has 0 aliphatic heterocycles. The van der Waals surface area contributed by atoms with Gasteiger partial charge in [-0.1, -0.05) is 97.2 Å². The number of fused-ring (bicyclic) bond motifs is 3. The number of pyridine rings is 2. The second-order valence-electron chi connectivity index (χ2n) is 13.0. The van der Waals surface area contributed by atoms with E-state index < -0.39 is 56.9 Å². The molecule has 3 aromatic heterocycles. The largest absolute Gasteiger partial charge is 0.501 e. The second kappa shape index (κ2) is 15.2. The summed E-state index contributed by atoms with van der Waals surface area (Å²) in [5.74, 6) is -2.94. The molecule has 249 valence electrons. The van der Waals surface area contributed by atoms with Crippen LogP contribution >= 0.6 is 0 Å². The molecule has 0 N–H and O–H groups in total. The normalized spacial score (nSPS) is 22.3. The van der Waals surface area contributed by atoms with Crippen molar-refractivity contribution in [1.29, 1.82) is 0 Å². The van der Waals surface area contributed by atoms with E-state index in [1.54, 1.807) is 12.1 Å². The first kappa shape index (κ1) is 24.1. The quantitative estimate of drug-likeness (QED) is 0.128. The molecule has 5 heteroatoms. The van der Waals surface area contributed by atoms with E-state index in [9.17, 15) is 1.37 Å². The number of benzene rings is 4. The van der Waals surface area contributed by atoms with Crippen molar-refractivity contribution in [2.24, 2.45) is 0 Å². The van der Waals surface area contributed by atoms with E-state index in [0.29, 0.717) is 22.4 Å². The first-order valence-corrected chi connectivity index (χ1v) is 19.7. The maximum atomic E-state index is 9.46. The molecule has 1 radical (unpaired) electrons. The van der Waals surface area contributed by atoms with Gasteiger partial charge in [0.25, 0.3) is 0 Å². The summed E-state index contributed by atoms with van der Waals surface area (Å²) >= 11 is 0. The monoisotopic (exact) mass is 845 g/mol. The first-order valence-electron chi connectivity index (χ1n) is 21.2. The van der Waals surface area contributed by atoms with E-state index in [4.69, 9.17) is 16.8 Å². The van der Waals surface area contributed by atoms with E-state index in [0.717, 1.165) is 22.0 Å². The van der Waals surface area contributed by atoms with Crippen LogP contribution in [0.1, 0.15) is 67.9 Å². The van der Waals surface area contributed by atoms with Crippen LogP contribution in [0.3, 0.4) is 0 Å². The standard InChI is InChI=1S/C30H26NO.C14H16NSi.Ir/c1-20-19-31-28(26-12-7-11-25-24-10-5-6-13-29(24)32-30(25)26)18-27(20)23-16-14-22(15-17-23)21-8-3-2-4-9-21;1-16(2,3)13-9-10-14(15-11-13)12-7-5-4-6-8-12;/h2-11,13,18-19,22-23H,14-17H2,1H3;4-7,9-11H,1-3H3;/q2*-1;/i1D3,2D,3D,4D,8D,9D,22D,23D;;. The van der Waals surface area contributed by atoms with E-state index in [1.807, 2.05) is 60.8 Å². The van der Waals surface area contributed by atoms with Gasteiger partial charge in [-0.05, 0) is 83.7 Å². The number of para-hydroxylation sites is 1. The fraction of sp³-hybridized carbons (Fsp3) is 0.227. The summed E-state index contributed by atoms with van der Waals surface area (Å²) in [6.45, 7) is 4.45. The Balaban J connectivity index is 0.000000289. The summed E-state index contributed by atoms with van der Waals surface area (Å²) in [4.78, 5) is 8.99. The molecular weight excluding hydrogens is 793 g/mol. The van der Waals surface area contributed by atoms with Crippen molar-refractivity contribution in [1.82, 2.24) is 9.97 Å². The van der Waals surface area contributed by atoms with Gasteiger partial charge in [0, 0.05) is 44.7 Å². The molecule has 1 saturated carbocycles. The third kappa shape index (κ3) is 7.70. The van der Waals surface area contributed by atoms with Crippen LogP contribution in [0.25, 0.3) is 44.5 Å². The minimum atomic E-state index is -2.55. The number of rotatable bonds is 5. The van der Waals surface area contributed by atoms with Crippen LogP contribution in [0.2, 0.25) is 19.6 Å². The van der Waals surface area contributed by atoms with Crippen LogP contribution in [-0.4, -0.2) is 18.0 Å². The predicted molar refractivity (Wildman–Crippen MR) is 202 cm³/mol. The van der Waals surface area contributed by atoms with Crippen LogP contribution < -0.4 is 5.19 Å². The molecule has 1 aliphatic rings. The Morgan fingerprint density at radius 2 is 1.55 bits per heavy atom. The van der Waals surface area contributed by atoms with Crippen molar-refractivity contribution in [3.63, 3.8) is 0 Å². The molecule has 1 aliphatic carbocycles. The van der Waals surface area contributed by atoms with Gasteiger partial charge in [-0.15, -0.1) is 54.1 Å². The molecule has 4 aromatic carbocycles. The summed E-state index contributed by atoms with van der Waals surface area (Å²) in [7, 11) is -1.23. The molecule has 7 aromatic rings. The molecule has 3 heterocycles. The van der Waals surface area contributed by atoms with E-state index in [1.165, 1.54) is 11.4 Å². The van der Waals surface area contributed by atoms with E-state index in [-0.39, 0.29) is 62.5 Å². The zero-order valence-electron chi connectivity index (χ0n) is 37.6. The van der Waals surface area contributed by atoms with Crippen LogP contribution in [0.4, 0.5) is 0 Å². The number of hydrogen-bond acceptors (Lipinski definition) is 3. The van der Waals surface area contributed by atoms with Crippen molar-refractivity contribution in [3.05, 3.63) is 150 Å². The Labute approximate surface area is 319 Å². The van der Waals surface area contributed by atoms with Gasteiger partial charge in [-0.2, -0.15) is 0 Å². The number of hydrogen-bond donors (Lipinski definition) is 0. The van der Waals surface area contributed by atoms with Crippen molar-refractivity contribution in [3.8, 4) is 22.5 Å². The van der Waals surface area contributed by atoms with Gasteiger partial charge in [0.1, 0.15) is 5.58 Å². The minimum absolute atomic E-state index is 0. The molecule has 3 nitrogen and oxygen atoms in total. The van der Waals surface area contributed by atoms with Crippen LogP contribution in [-0.2, 0) is 20.1 Å². The van der Waals surface area contributed by atoms with Crippen LogP contribution in [0.15, 0.2) is 126 Å².